The van der Waals surface area contributed by atoms with E-state index in [4.69, 9.17) is 19.4 Å². The quantitative estimate of drug-likeness (QED) is 0.0749. The molecule has 14 nitrogen and oxygen atoms in total. The van der Waals surface area contributed by atoms with Gasteiger partial charge in [-0.1, -0.05) is 96.7 Å². The lowest BCUT2D eigenvalue weighted by Gasteiger charge is -2.35. The summed E-state index contributed by atoms with van der Waals surface area (Å²) in [6.07, 6.45) is 4.63. The second kappa shape index (κ2) is 20.2. The molecule has 2 saturated heterocycles. The normalized spacial score (nSPS) is 18.0. The second-order valence-electron chi connectivity index (χ2n) is 19.0. The van der Waals surface area contributed by atoms with Crippen molar-refractivity contribution in [2.24, 2.45) is 0 Å². The number of aromatic nitrogens is 4. The van der Waals surface area contributed by atoms with Crippen molar-refractivity contribution in [2.75, 3.05) is 13.1 Å². The number of rotatable bonds is 13. The number of aliphatic hydroxyl groups excluding tert-OH is 1. The molecule has 0 radical (unpaired) electrons. The molecule has 4 aromatic carbocycles. The molecule has 4 heterocycles. The summed E-state index contributed by atoms with van der Waals surface area (Å²) >= 11 is 1.66. The molecule has 5 atom stereocenters. The fraction of sp³-hybridized carbons (Fsp3) is 0.365. The minimum absolute atomic E-state index is 0.171. The SMILES string of the molecule is CC(C)(C)OC(=O)NC(C(=O)N1CCCC1c1ncc(-c2ccc(Sc3ccc(-c4cnc(C5CCCN5C(O)C(NC(=O)OC(C)(C)C)c5ccccc5)[nH]4)cc3)cc2)[nH]1)c1ccccc1. The largest absolute Gasteiger partial charge is 0.444 e. The first-order valence-corrected chi connectivity index (χ1v) is 23.7. The number of alkyl carbamates (subject to hydrolysis) is 2. The van der Waals surface area contributed by atoms with Gasteiger partial charge < -0.3 is 40.1 Å². The van der Waals surface area contributed by atoms with E-state index in [-0.39, 0.29) is 18.0 Å². The Labute approximate surface area is 396 Å². The lowest BCUT2D eigenvalue weighted by Crippen LogP contribution is -2.47. The van der Waals surface area contributed by atoms with Gasteiger partial charge in [0.2, 0.25) is 0 Å². The second-order valence-corrected chi connectivity index (χ2v) is 20.2. The van der Waals surface area contributed by atoms with Crippen LogP contribution in [-0.4, -0.2) is 83.5 Å². The van der Waals surface area contributed by atoms with E-state index in [2.05, 4.69) is 69.1 Å². The van der Waals surface area contributed by atoms with Gasteiger partial charge in [0, 0.05) is 22.9 Å². The van der Waals surface area contributed by atoms with Gasteiger partial charge in [-0.25, -0.2) is 19.6 Å². The van der Waals surface area contributed by atoms with Gasteiger partial charge in [0.1, 0.15) is 35.1 Å². The number of hydrogen-bond donors (Lipinski definition) is 5. The van der Waals surface area contributed by atoms with Crippen molar-refractivity contribution in [3.63, 3.8) is 0 Å². The maximum atomic E-state index is 14.2. The molecule has 2 aliphatic heterocycles. The Morgan fingerprint density at radius 3 is 1.67 bits per heavy atom. The van der Waals surface area contributed by atoms with E-state index in [1.165, 1.54) is 0 Å². The van der Waals surface area contributed by atoms with Crippen LogP contribution in [0.15, 0.2) is 131 Å². The van der Waals surface area contributed by atoms with Crippen molar-refractivity contribution < 1.29 is 29.0 Å². The van der Waals surface area contributed by atoms with Gasteiger partial charge in [-0.3, -0.25) is 9.69 Å². The third-order valence-electron chi connectivity index (χ3n) is 11.7. The molecule has 67 heavy (non-hydrogen) atoms. The highest BCUT2D eigenvalue weighted by Gasteiger charge is 2.39. The van der Waals surface area contributed by atoms with E-state index in [1.54, 1.807) is 37.4 Å². The minimum atomic E-state index is -1.02. The van der Waals surface area contributed by atoms with Gasteiger partial charge in [0.15, 0.2) is 0 Å². The smallest absolute Gasteiger partial charge is 0.408 e. The number of aromatic amines is 2. The topological polar surface area (TPSA) is 178 Å². The Hall–Kier alpha value is -6.42. The van der Waals surface area contributed by atoms with Gasteiger partial charge in [-0.15, -0.1) is 0 Å². The molecule has 0 spiro atoms. The Balaban J connectivity index is 0.893. The van der Waals surface area contributed by atoms with Gasteiger partial charge in [0.25, 0.3) is 5.91 Å². The van der Waals surface area contributed by atoms with Crippen molar-refractivity contribution in [1.82, 2.24) is 40.4 Å². The van der Waals surface area contributed by atoms with Crippen LogP contribution >= 0.6 is 11.8 Å². The molecular weight excluding hydrogens is 865 g/mol. The molecule has 5 N–H and O–H groups in total. The van der Waals surface area contributed by atoms with E-state index in [0.29, 0.717) is 24.5 Å². The van der Waals surface area contributed by atoms with E-state index in [1.807, 2.05) is 98.7 Å². The average molecular weight is 925 g/mol. The third-order valence-corrected chi connectivity index (χ3v) is 12.7. The van der Waals surface area contributed by atoms with Crippen molar-refractivity contribution in [3.8, 4) is 22.5 Å². The Morgan fingerprint density at radius 1 is 0.657 bits per heavy atom. The Bertz CT molecular complexity index is 2610. The first kappa shape index (κ1) is 47.1. The Morgan fingerprint density at radius 2 is 1.13 bits per heavy atom. The highest BCUT2D eigenvalue weighted by atomic mass is 32.2. The van der Waals surface area contributed by atoms with Crippen LogP contribution < -0.4 is 10.6 Å². The molecule has 350 valence electrons. The monoisotopic (exact) mass is 924 g/mol. The number of carbonyl (C=O) groups excluding carboxylic acids is 3. The first-order valence-electron chi connectivity index (χ1n) is 22.9. The summed E-state index contributed by atoms with van der Waals surface area (Å²) in [5.74, 6) is 1.25. The summed E-state index contributed by atoms with van der Waals surface area (Å²) in [4.78, 5) is 62.4. The molecule has 6 aromatic rings. The number of benzene rings is 4. The number of hydrogen-bond acceptors (Lipinski definition) is 10. The summed E-state index contributed by atoms with van der Waals surface area (Å²) in [6, 6.07) is 33.3. The predicted octanol–water partition coefficient (Wildman–Crippen LogP) is 10.3. The summed E-state index contributed by atoms with van der Waals surface area (Å²) < 4.78 is 11.1. The molecule has 2 fully saturated rings. The highest BCUT2D eigenvalue weighted by Crippen LogP contribution is 2.38. The summed E-state index contributed by atoms with van der Waals surface area (Å²) in [5.41, 5.74) is 3.76. The van der Waals surface area contributed by atoms with Crippen LogP contribution in [0.5, 0.6) is 0 Å². The standard InChI is InChI=1S/C52H60N8O6S/c1-51(2,3)65-49(63)57-43(35-15-9-7-10-16-35)47(61)59-29-13-19-41(59)45-53-31-39(55-45)33-21-25-37(26-22-33)67-38-27-23-34(24-28-38)40-32-54-46(56-40)42-20-14-30-60(42)48(62)44(36-17-11-8-12-18-36)58-50(64)66-52(4,5)6/h7-12,15-18,21-28,31-32,41-44,47,61H,13-14,19-20,29-30H2,1-6H3,(H,53,55)(H,54,56)(H,57,63)(H,58,64). The zero-order valence-corrected chi connectivity index (χ0v) is 39.7. The number of amides is 3. The fourth-order valence-corrected chi connectivity index (χ4v) is 9.52. The van der Waals surface area contributed by atoms with Crippen LogP contribution in [0.2, 0.25) is 0 Å². The van der Waals surface area contributed by atoms with E-state index >= 15 is 0 Å². The van der Waals surface area contributed by atoms with Gasteiger partial charge in [0.05, 0.1) is 41.9 Å². The summed E-state index contributed by atoms with van der Waals surface area (Å²) in [7, 11) is 0. The predicted molar refractivity (Wildman–Crippen MR) is 258 cm³/mol. The fourth-order valence-electron chi connectivity index (χ4n) is 8.70. The maximum absolute atomic E-state index is 14.2. The minimum Gasteiger partial charge on any atom is -0.444 e. The van der Waals surface area contributed by atoms with Crippen LogP contribution in [0.3, 0.4) is 0 Å². The zero-order valence-electron chi connectivity index (χ0n) is 38.9. The zero-order chi connectivity index (χ0) is 47.3. The molecule has 8 rings (SSSR count). The van der Waals surface area contributed by atoms with Gasteiger partial charge >= 0.3 is 12.2 Å². The molecule has 5 unspecified atom stereocenters. The molecule has 0 aliphatic carbocycles. The van der Waals surface area contributed by atoms with Crippen molar-refractivity contribution in [1.29, 1.82) is 0 Å². The first-order chi connectivity index (χ1) is 32.1. The van der Waals surface area contributed by atoms with Gasteiger partial charge in [-0.2, -0.15) is 0 Å². The van der Waals surface area contributed by atoms with Crippen molar-refractivity contribution in [3.05, 3.63) is 144 Å². The number of likely N-dealkylation sites (tertiary alicyclic amines) is 2. The van der Waals surface area contributed by atoms with E-state index < -0.39 is 41.7 Å². The number of nitrogens with zero attached hydrogens (tertiary/aromatic N) is 4. The lowest BCUT2D eigenvalue weighted by molar-refractivity contribution is -0.134. The summed E-state index contributed by atoms with van der Waals surface area (Å²) in [5, 5.41) is 17.6. The number of imidazole rings is 2. The lowest BCUT2D eigenvalue weighted by atomic mass is 10.0. The van der Waals surface area contributed by atoms with Crippen LogP contribution in [0.1, 0.15) is 114 Å². The number of nitrogens with one attached hydrogen (secondary N) is 4. The van der Waals surface area contributed by atoms with E-state index in [9.17, 15) is 19.5 Å². The number of ether oxygens (including phenoxy) is 2. The average Bonchev–Trinajstić information content (AvgIpc) is 4.15. The van der Waals surface area contributed by atoms with Crippen molar-refractivity contribution >= 4 is 29.9 Å². The third kappa shape index (κ3) is 11.8. The van der Waals surface area contributed by atoms with Crippen LogP contribution in [0.25, 0.3) is 22.5 Å². The number of carbonyl (C=O) groups is 3. The molecule has 0 saturated carbocycles. The van der Waals surface area contributed by atoms with Crippen LogP contribution in [0.4, 0.5) is 9.59 Å². The number of H-pyrrole nitrogens is 2. The highest BCUT2D eigenvalue weighted by molar-refractivity contribution is 7.99. The summed E-state index contributed by atoms with van der Waals surface area (Å²) in [6.45, 7) is 12.0. The Kier molecular flexibility index (Phi) is 14.2. The molecule has 15 heteroatoms. The van der Waals surface area contributed by atoms with Gasteiger partial charge in [-0.05, 0) is 114 Å². The maximum Gasteiger partial charge on any atom is 0.408 e. The molecule has 3 amide bonds. The van der Waals surface area contributed by atoms with Crippen LogP contribution in [-0.2, 0) is 14.3 Å². The molecule has 2 aromatic heterocycles. The molecular formula is C52H60N8O6S. The molecule has 2 aliphatic rings. The number of aliphatic hydroxyl groups is 1. The van der Waals surface area contributed by atoms with Crippen molar-refractivity contribution in [2.45, 2.75) is 119 Å². The molecule has 0 bridgehead atoms. The van der Waals surface area contributed by atoms with Crippen LogP contribution in [0, 0.1) is 0 Å². The van der Waals surface area contributed by atoms with E-state index in [0.717, 1.165) is 69.4 Å².